The van der Waals surface area contributed by atoms with Gasteiger partial charge < -0.3 is 15.2 Å². The van der Waals surface area contributed by atoms with Crippen molar-refractivity contribution in [3.63, 3.8) is 0 Å². The van der Waals surface area contributed by atoms with Gasteiger partial charge >= 0.3 is 5.97 Å². The summed E-state index contributed by atoms with van der Waals surface area (Å²) in [4.78, 5) is 12.1. The number of esters is 1. The lowest BCUT2D eigenvalue weighted by molar-refractivity contribution is 0.0474. The van der Waals surface area contributed by atoms with Crippen LogP contribution in [0.25, 0.3) is 0 Å². The molecule has 0 radical (unpaired) electrons. The number of aliphatic hydroxyl groups is 1. The van der Waals surface area contributed by atoms with Crippen LogP contribution in [-0.2, 0) is 11.3 Å². The molecule has 0 aliphatic rings. The lowest BCUT2D eigenvalue weighted by Gasteiger charge is -2.11. The Morgan fingerprint density at radius 2 is 1.86 bits per heavy atom. The fourth-order valence-corrected chi connectivity index (χ4v) is 2.08. The summed E-state index contributed by atoms with van der Waals surface area (Å²) in [5, 5.41) is 11.8. The molecule has 0 bridgehead atoms. The van der Waals surface area contributed by atoms with E-state index in [0.29, 0.717) is 17.8 Å². The van der Waals surface area contributed by atoms with E-state index in [1.54, 1.807) is 18.2 Å². The molecule has 0 spiro atoms. The topological polar surface area (TPSA) is 58.6 Å². The number of ether oxygens (including phenoxy) is 1. The number of hydrogen-bond donors (Lipinski definition) is 2. The Morgan fingerprint density at radius 3 is 2.57 bits per heavy atom. The molecule has 0 saturated heterocycles. The van der Waals surface area contributed by atoms with Crippen LogP contribution in [-0.4, -0.2) is 24.2 Å². The van der Waals surface area contributed by atoms with Gasteiger partial charge in [-0.25, -0.2) is 4.79 Å². The van der Waals surface area contributed by atoms with Gasteiger partial charge in [0.25, 0.3) is 0 Å². The molecule has 0 atom stereocenters. The summed E-state index contributed by atoms with van der Waals surface area (Å²) in [7, 11) is 0. The van der Waals surface area contributed by atoms with Gasteiger partial charge in [0.05, 0.1) is 12.2 Å². The average Bonchev–Trinajstić information content (AvgIpc) is 2.52. The van der Waals surface area contributed by atoms with Gasteiger partial charge in [0.15, 0.2) is 0 Å². The number of anilines is 1. The van der Waals surface area contributed by atoms with Crippen LogP contribution < -0.4 is 5.32 Å². The first kappa shape index (κ1) is 15.5. The fourth-order valence-electron chi connectivity index (χ4n) is 1.81. The number of carbonyl (C=O) groups is 1. The number of hydrogen-bond acceptors (Lipinski definition) is 4. The maximum Gasteiger partial charge on any atom is 0.340 e. The number of carbonyl (C=O) groups excluding carboxylic acids is 1. The van der Waals surface area contributed by atoms with Crippen LogP contribution in [0.2, 0.25) is 0 Å². The van der Waals surface area contributed by atoms with Crippen molar-refractivity contribution in [2.24, 2.45) is 0 Å². The summed E-state index contributed by atoms with van der Waals surface area (Å²) in [6.07, 6.45) is 0. The summed E-state index contributed by atoms with van der Waals surface area (Å²) >= 11 is 3.36. The quantitative estimate of drug-likeness (QED) is 0.786. The van der Waals surface area contributed by atoms with E-state index < -0.39 is 0 Å². The zero-order valence-corrected chi connectivity index (χ0v) is 13.0. The first-order chi connectivity index (χ1) is 10.2. The van der Waals surface area contributed by atoms with Crippen LogP contribution in [0.4, 0.5) is 5.69 Å². The van der Waals surface area contributed by atoms with E-state index in [2.05, 4.69) is 21.2 Å². The molecular weight excluding hydrogens is 334 g/mol. The minimum absolute atomic E-state index is 0.00226. The highest BCUT2D eigenvalue weighted by molar-refractivity contribution is 9.10. The van der Waals surface area contributed by atoms with E-state index >= 15 is 0 Å². The third kappa shape index (κ3) is 4.58. The highest BCUT2D eigenvalue weighted by Crippen LogP contribution is 2.17. The number of benzene rings is 2. The smallest absolute Gasteiger partial charge is 0.340 e. The Kier molecular flexibility index (Phi) is 5.78. The Morgan fingerprint density at radius 1 is 1.14 bits per heavy atom. The van der Waals surface area contributed by atoms with Crippen LogP contribution in [0.5, 0.6) is 0 Å². The van der Waals surface area contributed by atoms with Crippen molar-refractivity contribution in [2.45, 2.75) is 6.61 Å². The highest BCUT2D eigenvalue weighted by Gasteiger charge is 2.12. The van der Waals surface area contributed by atoms with Gasteiger partial charge in [-0.1, -0.05) is 40.2 Å². The standard InChI is InChI=1S/C16H16BrNO3/c17-13-7-5-12(6-8-13)11-21-16(20)14-3-1-2-4-15(14)18-9-10-19/h1-8,18-19H,9-11H2. The average molecular weight is 350 g/mol. The molecule has 21 heavy (non-hydrogen) atoms. The minimum Gasteiger partial charge on any atom is -0.457 e. The van der Waals surface area contributed by atoms with E-state index in [-0.39, 0.29) is 19.2 Å². The van der Waals surface area contributed by atoms with Crippen molar-refractivity contribution in [3.05, 3.63) is 64.1 Å². The molecule has 0 amide bonds. The summed E-state index contributed by atoms with van der Waals surface area (Å²) in [6.45, 7) is 0.611. The summed E-state index contributed by atoms with van der Waals surface area (Å²) in [6, 6.07) is 14.7. The van der Waals surface area contributed by atoms with Crippen LogP contribution in [0.15, 0.2) is 53.0 Å². The molecule has 4 nitrogen and oxygen atoms in total. The van der Waals surface area contributed by atoms with Gasteiger partial charge in [0.1, 0.15) is 6.61 Å². The van der Waals surface area contributed by atoms with Crippen molar-refractivity contribution in [3.8, 4) is 0 Å². The molecule has 2 aromatic carbocycles. The largest absolute Gasteiger partial charge is 0.457 e. The summed E-state index contributed by atoms with van der Waals surface area (Å²) < 4.78 is 6.30. The second kappa shape index (κ2) is 7.81. The number of nitrogens with one attached hydrogen (secondary N) is 1. The molecule has 2 rings (SSSR count). The molecule has 110 valence electrons. The summed E-state index contributed by atoms with van der Waals surface area (Å²) in [5.41, 5.74) is 2.04. The van der Waals surface area contributed by atoms with Crippen molar-refractivity contribution in [1.29, 1.82) is 0 Å². The second-order valence-electron chi connectivity index (χ2n) is 4.40. The Hall–Kier alpha value is -1.85. The molecule has 5 heteroatoms. The zero-order valence-electron chi connectivity index (χ0n) is 11.4. The lowest BCUT2D eigenvalue weighted by atomic mass is 10.2. The molecule has 0 unspecified atom stereocenters. The highest BCUT2D eigenvalue weighted by atomic mass is 79.9. The lowest BCUT2D eigenvalue weighted by Crippen LogP contribution is -2.12. The monoisotopic (exact) mass is 349 g/mol. The number of halogens is 1. The Labute approximate surface area is 131 Å². The van der Waals surface area contributed by atoms with Crippen molar-refractivity contribution >= 4 is 27.6 Å². The number of aliphatic hydroxyl groups excluding tert-OH is 1. The van der Waals surface area contributed by atoms with Crippen LogP contribution in [0.3, 0.4) is 0 Å². The maximum absolute atomic E-state index is 12.1. The fraction of sp³-hybridized carbons (Fsp3) is 0.188. The Bertz CT molecular complexity index is 599. The molecule has 0 fully saturated rings. The molecule has 0 aliphatic heterocycles. The van der Waals surface area contributed by atoms with E-state index in [9.17, 15) is 4.79 Å². The number of rotatable bonds is 6. The third-order valence-corrected chi connectivity index (χ3v) is 3.39. The van der Waals surface area contributed by atoms with E-state index in [0.717, 1.165) is 10.0 Å². The Balaban J connectivity index is 2.01. The molecule has 0 aromatic heterocycles. The first-order valence-electron chi connectivity index (χ1n) is 6.56. The molecule has 2 aromatic rings. The van der Waals surface area contributed by atoms with Gasteiger partial charge in [-0.15, -0.1) is 0 Å². The van der Waals surface area contributed by atoms with Crippen molar-refractivity contribution < 1.29 is 14.6 Å². The predicted molar refractivity (Wildman–Crippen MR) is 85.3 cm³/mol. The van der Waals surface area contributed by atoms with Gasteiger partial charge in [-0.2, -0.15) is 0 Å². The van der Waals surface area contributed by atoms with Crippen molar-refractivity contribution in [2.75, 3.05) is 18.5 Å². The predicted octanol–water partition coefficient (Wildman–Crippen LogP) is 3.21. The molecule has 0 heterocycles. The van der Waals surface area contributed by atoms with Crippen LogP contribution in [0, 0.1) is 0 Å². The van der Waals surface area contributed by atoms with Gasteiger partial charge in [-0.05, 0) is 29.8 Å². The second-order valence-corrected chi connectivity index (χ2v) is 5.31. The normalized spacial score (nSPS) is 10.2. The molecule has 0 saturated carbocycles. The van der Waals surface area contributed by atoms with Gasteiger partial charge in [0, 0.05) is 16.7 Å². The molecule has 0 aliphatic carbocycles. The maximum atomic E-state index is 12.1. The first-order valence-corrected chi connectivity index (χ1v) is 7.35. The number of para-hydroxylation sites is 1. The van der Waals surface area contributed by atoms with Gasteiger partial charge in [-0.3, -0.25) is 0 Å². The molecule has 2 N–H and O–H groups in total. The minimum atomic E-state index is -0.390. The SMILES string of the molecule is O=C(OCc1ccc(Br)cc1)c1ccccc1NCCO. The molecular formula is C16H16BrNO3. The zero-order chi connectivity index (χ0) is 15.1. The third-order valence-electron chi connectivity index (χ3n) is 2.86. The van der Waals surface area contributed by atoms with Gasteiger partial charge in [0.2, 0.25) is 0 Å². The van der Waals surface area contributed by atoms with E-state index in [1.807, 2.05) is 30.3 Å². The van der Waals surface area contributed by atoms with E-state index in [4.69, 9.17) is 9.84 Å². The van der Waals surface area contributed by atoms with Crippen LogP contribution >= 0.6 is 15.9 Å². The van der Waals surface area contributed by atoms with Crippen molar-refractivity contribution in [1.82, 2.24) is 0 Å². The van der Waals surface area contributed by atoms with Crippen LogP contribution in [0.1, 0.15) is 15.9 Å². The summed E-state index contributed by atoms with van der Waals surface area (Å²) in [5.74, 6) is -0.390. The van der Waals surface area contributed by atoms with E-state index in [1.165, 1.54) is 0 Å².